The number of carbonyl (C=O) groups excluding carboxylic acids is 1. The van der Waals surface area contributed by atoms with Gasteiger partial charge in [-0.15, -0.1) is 5.10 Å². The predicted octanol–water partition coefficient (Wildman–Crippen LogP) is 0.383. The number of methoxy groups -OCH3 is 1. The topological polar surface area (TPSA) is 97.6 Å². The summed E-state index contributed by atoms with van der Waals surface area (Å²) in [4.78, 5) is 13.8. The quantitative estimate of drug-likeness (QED) is 0.643. The molecule has 0 unspecified atom stereocenters. The Bertz CT molecular complexity index is 878. The molecule has 1 amide bonds. The van der Waals surface area contributed by atoms with Gasteiger partial charge in [0.1, 0.15) is 0 Å². The molecule has 1 aromatic carbocycles. The van der Waals surface area contributed by atoms with Gasteiger partial charge in [-0.05, 0) is 5.56 Å². The first-order chi connectivity index (χ1) is 12.9. The van der Waals surface area contributed by atoms with Gasteiger partial charge in [-0.25, -0.2) is 13.1 Å². The highest BCUT2D eigenvalue weighted by Crippen LogP contribution is 2.25. The molecule has 1 aliphatic rings. The van der Waals surface area contributed by atoms with E-state index in [1.165, 1.54) is 9.21 Å². The van der Waals surface area contributed by atoms with Crippen LogP contribution in [0, 0.1) is 0 Å². The Morgan fingerprint density at radius 2 is 2.00 bits per heavy atom. The van der Waals surface area contributed by atoms with Crippen molar-refractivity contribution in [2.45, 2.75) is 11.8 Å². The van der Waals surface area contributed by atoms with Gasteiger partial charge in [-0.1, -0.05) is 35.5 Å². The third-order valence-corrected chi connectivity index (χ3v) is 6.28. The van der Waals surface area contributed by atoms with Crippen LogP contribution in [0.3, 0.4) is 0 Å². The highest BCUT2D eigenvalue weighted by molar-refractivity contribution is 7.88. The van der Waals surface area contributed by atoms with Gasteiger partial charge in [0, 0.05) is 33.8 Å². The molecule has 2 aromatic rings. The summed E-state index contributed by atoms with van der Waals surface area (Å²) in [5.41, 5.74) is 0.993. The summed E-state index contributed by atoms with van der Waals surface area (Å²) < 4.78 is 32.9. The van der Waals surface area contributed by atoms with Crippen molar-refractivity contribution in [3.05, 3.63) is 47.8 Å². The summed E-state index contributed by atoms with van der Waals surface area (Å²) in [7, 11) is -0.128. The van der Waals surface area contributed by atoms with E-state index < -0.39 is 10.0 Å². The van der Waals surface area contributed by atoms with Gasteiger partial charge in [-0.2, -0.15) is 4.31 Å². The smallest absolute Gasteiger partial charge is 0.275 e. The van der Waals surface area contributed by atoms with Crippen LogP contribution >= 0.6 is 0 Å². The molecular formula is C17H23N5O4S. The minimum absolute atomic E-state index is 0.0219. The molecule has 10 heteroatoms. The van der Waals surface area contributed by atoms with Gasteiger partial charge in [0.15, 0.2) is 5.69 Å². The van der Waals surface area contributed by atoms with Crippen LogP contribution in [0.25, 0.3) is 0 Å². The van der Waals surface area contributed by atoms with Crippen molar-refractivity contribution < 1.29 is 17.9 Å². The number of nitrogens with zero attached hydrogens (tertiary/aromatic N) is 5. The Kier molecular flexibility index (Phi) is 5.88. The number of ether oxygens (including phenoxy) is 1. The molecule has 0 atom stereocenters. The highest BCUT2D eigenvalue weighted by atomic mass is 32.2. The molecule has 1 fully saturated rings. The van der Waals surface area contributed by atoms with E-state index in [1.807, 2.05) is 18.2 Å². The van der Waals surface area contributed by atoms with Gasteiger partial charge >= 0.3 is 0 Å². The van der Waals surface area contributed by atoms with E-state index >= 15 is 0 Å². The number of amides is 1. The van der Waals surface area contributed by atoms with Crippen molar-refractivity contribution in [3.63, 3.8) is 0 Å². The van der Waals surface area contributed by atoms with Gasteiger partial charge in [-0.3, -0.25) is 4.79 Å². The molecule has 3 rings (SSSR count). The van der Waals surface area contributed by atoms with Gasteiger partial charge < -0.3 is 9.64 Å². The Morgan fingerprint density at radius 1 is 1.30 bits per heavy atom. The Balaban J connectivity index is 1.57. The lowest BCUT2D eigenvalue weighted by Gasteiger charge is -2.37. The molecule has 0 saturated carbocycles. The minimum Gasteiger partial charge on any atom is -0.383 e. The minimum atomic E-state index is -3.37. The van der Waals surface area contributed by atoms with Crippen LogP contribution in [0.5, 0.6) is 0 Å². The average Bonchev–Trinajstić information content (AvgIpc) is 3.07. The third kappa shape index (κ3) is 4.52. The lowest BCUT2D eigenvalue weighted by atomic mass is 10.2. The summed E-state index contributed by atoms with van der Waals surface area (Å²) in [5, 5.41) is 7.90. The van der Waals surface area contributed by atoms with E-state index in [1.54, 1.807) is 37.2 Å². The SMILES string of the molecule is COCCN(C)C(=O)c1cn(C2CN(S(=O)(=O)Cc3ccccc3)C2)nn1. The Morgan fingerprint density at radius 3 is 2.67 bits per heavy atom. The molecule has 1 saturated heterocycles. The lowest BCUT2D eigenvalue weighted by molar-refractivity contribution is 0.0738. The fourth-order valence-electron chi connectivity index (χ4n) is 2.77. The van der Waals surface area contributed by atoms with E-state index in [4.69, 9.17) is 4.74 Å². The van der Waals surface area contributed by atoms with E-state index in [0.29, 0.717) is 26.2 Å². The molecule has 2 heterocycles. The third-order valence-electron chi connectivity index (χ3n) is 4.50. The molecule has 1 aliphatic heterocycles. The normalized spacial score (nSPS) is 15.5. The first kappa shape index (κ1) is 19.5. The number of hydrogen-bond acceptors (Lipinski definition) is 6. The van der Waals surface area contributed by atoms with Gasteiger partial charge in [0.25, 0.3) is 5.91 Å². The molecule has 0 N–H and O–H groups in total. The zero-order chi connectivity index (χ0) is 19.4. The summed E-state index contributed by atoms with van der Waals surface area (Å²) in [6.45, 7) is 1.54. The summed E-state index contributed by atoms with van der Waals surface area (Å²) in [6.07, 6.45) is 1.57. The Labute approximate surface area is 158 Å². The maximum atomic E-state index is 12.5. The van der Waals surface area contributed by atoms with Crippen molar-refractivity contribution in [1.82, 2.24) is 24.2 Å². The summed E-state index contributed by atoms with van der Waals surface area (Å²) >= 11 is 0. The second kappa shape index (κ2) is 8.15. The van der Waals surface area contributed by atoms with Crippen molar-refractivity contribution in [2.24, 2.45) is 0 Å². The molecular weight excluding hydrogens is 370 g/mol. The number of sulfonamides is 1. The first-order valence-electron chi connectivity index (χ1n) is 8.58. The monoisotopic (exact) mass is 393 g/mol. The van der Waals surface area contributed by atoms with Crippen LogP contribution in [0.2, 0.25) is 0 Å². The van der Waals surface area contributed by atoms with E-state index in [9.17, 15) is 13.2 Å². The van der Waals surface area contributed by atoms with Crippen LogP contribution in [0.4, 0.5) is 0 Å². The van der Waals surface area contributed by atoms with Crippen molar-refractivity contribution in [1.29, 1.82) is 0 Å². The zero-order valence-electron chi connectivity index (χ0n) is 15.4. The van der Waals surface area contributed by atoms with Crippen LogP contribution in [-0.4, -0.2) is 78.9 Å². The van der Waals surface area contributed by atoms with Gasteiger partial charge in [0.2, 0.25) is 10.0 Å². The largest absolute Gasteiger partial charge is 0.383 e. The fraction of sp³-hybridized carbons (Fsp3) is 0.471. The number of aromatic nitrogens is 3. The van der Waals surface area contributed by atoms with Gasteiger partial charge in [0.05, 0.1) is 24.6 Å². The highest BCUT2D eigenvalue weighted by Gasteiger charge is 2.37. The lowest BCUT2D eigenvalue weighted by Crippen LogP contribution is -2.51. The maximum Gasteiger partial charge on any atom is 0.275 e. The summed E-state index contributed by atoms with van der Waals surface area (Å²) in [6, 6.07) is 8.97. The number of likely N-dealkylation sites (N-methyl/N-ethyl adjacent to an activating group) is 1. The van der Waals surface area contributed by atoms with E-state index in [2.05, 4.69) is 10.3 Å². The molecule has 0 radical (unpaired) electrons. The van der Waals surface area contributed by atoms with E-state index in [0.717, 1.165) is 5.56 Å². The molecule has 0 spiro atoms. The Hall–Kier alpha value is -2.30. The van der Waals surface area contributed by atoms with Crippen LogP contribution in [-0.2, 0) is 20.5 Å². The first-order valence-corrected chi connectivity index (χ1v) is 10.2. The standard InChI is InChI=1S/C17H23N5O4S/c1-20(8-9-26-2)17(23)16-12-22(19-18-16)15-10-21(11-15)27(24,25)13-14-6-4-3-5-7-14/h3-7,12,15H,8-11,13H2,1-2H3. The van der Waals surface area contributed by atoms with Crippen LogP contribution < -0.4 is 0 Å². The van der Waals surface area contributed by atoms with Crippen LogP contribution in [0.1, 0.15) is 22.1 Å². The number of rotatable bonds is 8. The fourth-order valence-corrected chi connectivity index (χ4v) is 4.36. The van der Waals surface area contributed by atoms with Crippen molar-refractivity contribution >= 4 is 15.9 Å². The number of hydrogen-bond donors (Lipinski definition) is 0. The molecule has 0 bridgehead atoms. The van der Waals surface area contributed by atoms with Crippen LogP contribution in [0.15, 0.2) is 36.5 Å². The van der Waals surface area contributed by atoms with Crippen molar-refractivity contribution in [3.8, 4) is 0 Å². The average molecular weight is 393 g/mol. The molecule has 1 aromatic heterocycles. The second-order valence-electron chi connectivity index (χ2n) is 6.52. The number of benzene rings is 1. The maximum absolute atomic E-state index is 12.5. The van der Waals surface area contributed by atoms with Crippen molar-refractivity contribution in [2.75, 3.05) is 40.4 Å². The molecule has 0 aliphatic carbocycles. The van der Waals surface area contributed by atoms with E-state index in [-0.39, 0.29) is 23.4 Å². The number of carbonyl (C=O) groups is 1. The predicted molar refractivity (Wildman–Crippen MR) is 98.5 cm³/mol. The summed E-state index contributed by atoms with van der Waals surface area (Å²) in [5.74, 6) is -0.266. The molecule has 27 heavy (non-hydrogen) atoms. The molecule has 9 nitrogen and oxygen atoms in total. The zero-order valence-corrected chi connectivity index (χ0v) is 16.2. The molecule has 146 valence electrons. The second-order valence-corrected chi connectivity index (χ2v) is 8.48.